The van der Waals surface area contributed by atoms with Crippen molar-refractivity contribution in [1.29, 1.82) is 0 Å². The zero-order valence-electron chi connectivity index (χ0n) is 10.6. The molecule has 1 fully saturated rings. The molecule has 0 aromatic carbocycles. The van der Waals surface area contributed by atoms with Crippen molar-refractivity contribution in [3.8, 4) is 0 Å². The smallest absolute Gasteiger partial charge is 0.146 e. The largest absolute Gasteiger partial charge is 0.357 e. The van der Waals surface area contributed by atoms with Gasteiger partial charge in [0.05, 0.1) is 4.47 Å². The molecular formula is C12H19BrN4. The van der Waals surface area contributed by atoms with Crippen molar-refractivity contribution in [3.05, 3.63) is 17.0 Å². The number of hydrogen-bond donors (Lipinski definition) is 0. The molecule has 0 bridgehead atoms. The first-order valence-corrected chi connectivity index (χ1v) is 6.68. The molecule has 0 aliphatic heterocycles. The lowest BCUT2D eigenvalue weighted by atomic mass is 9.75. The van der Waals surface area contributed by atoms with Crippen molar-refractivity contribution in [1.82, 2.24) is 14.9 Å². The Kier molecular flexibility index (Phi) is 3.68. The molecule has 0 spiro atoms. The summed E-state index contributed by atoms with van der Waals surface area (Å²) in [6, 6.07) is 0. The molecule has 2 rings (SSSR count). The third-order valence-corrected chi connectivity index (χ3v) is 4.33. The van der Waals surface area contributed by atoms with Gasteiger partial charge in [-0.25, -0.2) is 9.97 Å². The highest BCUT2D eigenvalue weighted by molar-refractivity contribution is 9.10. The van der Waals surface area contributed by atoms with Crippen molar-refractivity contribution < 1.29 is 0 Å². The Hall–Kier alpha value is -0.680. The van der Waals surface area contributed by atoms with Crippen molar-refractivity contribution in [2.75, 3.05) is 32.6 Å². The summed E-state index contributed by atoms with van der Waals surface area (Å²) in [5.41, 5.74) is 0.319. The monoisotopic (exact) mass is 298 g/mol. The maximum absolute atomic E-state index is 4.33. The average molecular weight is 299 g/mol. The highest BCUT2D eigenvalue weighted by Crippen LogP contribution is 2.37. The van der Waals surface area contributed by atoms with Crippen LogP contribution in [0.3, 0.4) is 0 Å². The normalized spacial score (nSPS) is 17.9. The minimum absolute atomic E-state index is 0.319. The number of aromatic nitrogens is 2. The standard InChI is InChI=1S/C12H19BrN4/c1-16(2)12(5-4-6-12)8-17(3)11-10(13)7-14-9-15-11/h7,9H,4-6,8H2,1-3H3. The van der Waals surface area contributed by atoms with Gasteiger partial charge in [0.2, 0.25) is 0 Å². The van der Waals surface area contributed by atoms with Gasteiger partial charge in [0.25, 0.3) is 0 Å². The van der Waals surface area contributed by atoms with Crippen LogP contribution in [0.2, 0.25) is 0 Å². The highest BCUT2D eigenvalue weighted by Gasteiger charge is 2.40. The lowest BCUT2D eigenvalue weighted by Crippen LogP contribution is -2.56. The van der Waals surface area contributed by atoms with Gasteiger partial charge in [-0.3, -0.25) is 0 Å². The van der Waals surface area contributed by atoms with Gasteiger partial charge in [-0.2, -0.15) is 0 Å². The molecule has 0 saturated heterocycles. The van der Waals surface area contributed by atoms with E-state index in [-0.39, 0.29) is 0 Å². The number of hydrogen-bond acceptors (Lipinski definition) is 4. The van der Waals surface area contributed by atoms with Crippen LogP contribution in [-0.4, -0.2) is 48.1 Å². The van der Waals surface area contributed by atoms with Crippen LogP contribution in [-0.2, 0) is 0 Å². The summed E-state index contributed by atoms with van der Waals surface area (Å²) >= 11 is 3.50. The molecule has 1 aromatic rings. The first kappa shape index (κ1) is 12.8. The fraction of sp³-hybridized carbons (Fsp3) is 0.667. The van der Waals surface area contributed by atoms with E-state index in [0.29, 0.717) is 5.54 Å². The van der Waals surface area contributed by atoms with E-state index in [1.54, 1.807) is 12.5 Å². The summed E-state index contributed by atoms with van der Waals surface area (Å²) in [6.07, 6.45) is 7.26. The van der Waals surface area contributed by atoms with E-state index in [1.165, 1.54) is 19.3 Å². The molecule has 0 unspecified atom stereocenters. The molecule has 1 saturated carbocycles. The molecule has 0 radical (unpaired) electrons. The second-order valence-corrected chi connectivity index (χ2v) is 5.88. The summed E-state index contributed by atoms with van der Waals surface area (Å²) in [5.74, 6) is 0.966. The summed E-state index contributed by atoms with van der Waals surface area (Å²) in [6.45, 7) is 1.01. The van der Waals surface area contributed by atoms with Crippen LogP contribution in [0.5, 0.6) is 0 Å². The van der Waals surface area contributed by atoms with Crippen molar-refractivity contribution in [3.63, 3.8) is 0 Å². The number of likely N-dealkylation sites (N-methyl/N-ethyl adjacent to an activating group) is 2. The van der Waals surface area contributed by atoms with Crippen molar-refractivity contribution in [2.45, 2.75) is 24.8 Å². The number of nitrogens with zero attached hydrogens (tertiary/aromatic N) is 4. The lowest BCUT2D eigenvalue weighted by Gasteiger charge is -2.49. The molecule has 1 heterocycles. The fourth-order valence-corrected chi connectivity index (χ4v) is 2.96. The Bertz CT molecular complexity index is 390. The van der Waals surface area contributed by atoms with Gasteiger partial charge in [-0.05, 0) is 49.3 Å². The Labute approximate surface area is 111 Å². The van der Waals surface area contributed by atoms with Crippen molar-refractivity contribution >= 4 is 21.7 Å². The van der Waals surface area contributed by atoms with E-state index in [1.807, 2.05) is 0 Å². The Morgan fingerprint density at radius 2 is 2.06 bits per heavy atom. The van der Waals surface area contributed by atoms with Gasteiger partial charge in [0, 0.05) is 25.3 Å². The van der Waals surface area contributed by atoms with Gasteiger partial charge in [-0.1, -0.05) is 0 Å². The maximum Gasteiger partial charge on any atom is 0.146 e. The van der Waals surface area contributed by atoms with Gasteiger partial charge >= 0.3 is 0 Å². The van der Waals surface area contributed by atoms with Gasteiger partial charge in [0.1, 0.15) is 12.1 Å². The molecule has 1 aliphatic rings. The molecule has 5 heteroatoms. The van der Waals surface area contributed by atoms with Crippen molar-refractivity contribution in [2.24, 2.45) is 0 Å². The SMILES string of the molecule is CN(CC1(N(C)C)CCC1)c1ncncc1Br. The lowest BCUT2D eigenvalue weighted by molar-refractivity contribution is 0.0681. The molecule has 1 aliphatic carbocycles. The van der Waals surface area contributed by atoms with E-state index in [4.69, 9.17) is 0 Å². The van der Waals surface area contributed by atoms with Gasteiger partial charge in [-0.15, -0.1) is 0 Å². The second kappa shape index (κ2) is 4.90. The zero-order chi connectivity index (χ0) is 12.5. The number of halogens is 1. The summed E-state index contributed by atoms with van der Waals surface area (Å²) in [7, 11) is 6.43. The second-order valence-electron chi connectivity index (χ2n) is 5.02. The summed E-state index contributed by atoms with van der Waals surface area (Å²) in [5, 5.41) is 0. The average Bonchev–Trinajstić information content (AvgIpc) is 2.23. The summed E-state index contributed by atoms with van der Waals surface area (Å²) < 4.78 is 0.954. The number of anilines is 1. The highest BCUT2D eigenvalue weighted by atomic mass is 79.9. The quantitative estimate of drug-likeness (QED) is 0.853. The Morgan fingerprint density at radius 3 is 2.53 bits per heavy atom. The maximum atomic E-state index is 4.33. The van der Waals surface area contributed by atoms with E-state index in [2.05, 4.69) is 56.8 Å². The fourth-order valence-electron chi connectivity index (χ4n) is 2.44. The number of rotatable bonds is 4. The van der Waals surface area contributed by atoms with E-state index < -0.39 is 0 Å². The minimum atomic E-state index is 0.319. The molecule has 17 heavy (non-hydrogen) atoms. The van der Waals surface area contributed by atoms with Gasteiger partial charge in [0.15, 0.2) is 0 Å². The first-order chi connectivity index (χ1) is 8.05. The van der Waals surface area contributed by atoms with Crippen LogP contribution in [0.4, 0.5) is 5.82 Å². The van der Waals surface area contributed by atoms with Crippen LogP contribution in [0, 0.1) is 0 Å². The van der Waals surface area contributed by atoms with Crippen LogP contribution in [0.1, 0.15) is 19.3 Å². The molecule has 0 amide bonds. The van der Waals surface area contributed by atoms with Crippen LogP contribution < -0.4 is 4.90 Å². The Morgan fingerprint density at radius 1 is 1.35 bits per heavy atom. The minimum Gasteiger partial charge on any atom is -0.357 e. The molecule has 4 nitrogen and oxygen atoms in total. The third kappa shape index (κ3) is 2.45. The predicted octanol–water partition coefficient (Wildman–Crippen LogP) is 2.16. The van der Waals surface area contributed by atoms with Gasteiger partial charge < -0.3 is 9.80 Å². The molecule has 94 valence electrons. The summed E-state index contributed by atoms with van der Waals surface area (Å²) in [4.78, 5) is 12.9. The van der Waals surface area contributed by atoms with E-state index >= 15 is 0 Å². The van der Waals surface area contributed by atoms with Crippen LogP contribution in [0.25, 0.3) is 0 Å². The topological polar surface area (TPSA) is 32.3 Å². The first-order valence-electron chi connectivity index (χ1n) is 5.89. The zero-order valence-corrected chi connectivity index (χ0v) is 12.2. The molecule has 1 aromatic heterocycles. The van der Waals surface area contributed by atoms with E-state index in [9.17, 15) is 0 Å². The van der Waals surface area contributed by atoms with E-state index in [0.717, 1.165) is 16.8 Å². The molecular weight excluding hydrogens is 280 g/mol. The molecule has 0 atom stereocenters. The Balaban J connectivity index is 2.11. The third-order valence-electron chi connectivity index (χ3n) is 3.77. The van der Waals surface area contributed by atoms with Crippen LogP contribution >= 0.6 is 15.9 Å². The predicted molar refractivity (Wildman–Crippen MR) is 73.3 cm³/mol. The van der Waals surface area contributed by atoms with Crippen LogP contribution in [0.15, 0.2) is 17.0 Å². The molecule has 0 N–H and O–H groups in total.